The molecule has 0 radical (unpaired) electrons. The second-order valence-electron chi connectivity index (χ2n) is 24.5. The van der Waals surface area contributed by atoms with Gasteiger partial charge in [0.1, 0.15) is 34.5 Å². The number of carboxylic acid groups (broad SMARTS) is 1. The number of nitrogens with two attached hydrogens (primary N) is 1. The summed E-state index contributed by atoms with van der Waals surface area (Å²) in [4.78, 5) is 113. The van der Waals surface area contributed by atoms with E-state index in [1.165, 1.54) is 64.9 Å². The van der Waals surface area contributed by atoms with Crippen LogP contribution in [0, 0.1) is 38.2 Å². The number of aryl methyl sites for hydroxylation is 3. The number of nitrogens with one attached hydrogen (secondary N) is 4. The summed E-state index contributed by atoms with van der Waals surface area (Å²) < 4.78 is 57.8. The summed E-state index contributed by atoms with van der Waals surface area (Å²) >= 11 is 19.0. The molecule has 3 aliphatic rings. The molecule has 0 atom stereocenters. The fraction of sp³-hybridized carbons (Fsp3) is 0.165. The van der Waals surface area contributed by atoms with Crippen LogP contribution in [0.25, 0.3) is 66.5 Å². The van der Waals surface area contributed by atoms with Gasteiger partial charge in [-0.1, -0.05) is 86.1 Å². The number of esters is 2. The second kappa shape index (κ2) is 36.0. The van der Waals surface area contributed by atoms with Crippen LogP contribution in [0.4, 0.5) is 44.6 Å². The minimum absolute atomic E-state index is 0. The number of ether oxygens (including phenoxy) is 2. The van der Waals surface area contributed by atoms with E-state index >= 15 is 4.39 Å². The maximum atomic E-state index is 15.2. The molecule has 112 heavy (non-hydrogen) atoms. The first-order valence-electron chi connectivity index (χ1n) is 32.9. The topological polar surface area (TPSA) is 356 Å². The Morgan fingerprint density at radius 2 is 0.786 bits per heavy atom. The van der Waals surface area contributed by atoms with Gasteiger partial charge < -0.3 is 47.1 Å². The summed E-state index contributed by atoms with van der Waals surface area (Å²) in [7, 11) is 2.43. The van der Waals surface area contributed by atoms with Crippen LogP contribution in [0.1, 0.15) is 93.7 Å². The molecular weight excluding hydrogens is 1510 g/mol. The first kappa shape index (κ1) is 85.2. The predicted octanol–water partition coefficient (Wildman–Crippen LogP) is 11.8. The number of methoxy groups -OCH3 is 2. The van der Waals surface area contributed by atoms with Gasteiger partial charge in [0.05, 0.1) is 79.2 Å². The van der Waals surface area contributed by atoms with Crippen LogP contribution in [0.2, 0.25) is 15.1 Å². The second-order valence-corrected chi connectivity index (χ2v) is 25.7. The minimum Gasteiger partial charge on any atom is -0.870 e. The number of hydrogen-bond donors (Lipinski definition) is 6. The van der Waals surface area contributed by atoms with Crippen molar-refractivity contribution >= 4 is 138 Å². The molecule has 3 aromatic heterocycles. The third-order valence-corrected chi connectivity index (χ3v) is 18.7. The monoisotopic (exact) mass is 1580 g/mol. The molecule has 8 N–H and O–H groups in total. The summed E-state index contributed by atoms with van der Waals surface area (Å²) in [5, 5.41) is 35.4. The Morgan fingerprint density at radius 1 is 0.455 bits per heavy atom. The molecule has 15 rings (SSSR count). The van der Waals surface area contributed by atoms with Crippen LogP contribution in [0.15, 0.2) is 164 Å². The molecular formula is C79H70Cl3F3LiN13O13. The zero-order chi connectivity index (χ0) is 77.1. The van der Waals surface area contributed by atoms with Crippen molar-refractivity contribution in [3.8, 4) is 33.8 Å². The van der Waals surface area contributed by atoms with E-state index in [0.717, 1.165) is 36.0 Å². The number of halogens is 6. The summed E-state index contributed by atoms with van der Waals surface area (Å²) in [6, 6.07) is 41.1. The maximum absolute atomic E-state index is 15.2. The van der Waals surface area contributed by atoms with Gasteiger partial charge in [-0.3, -0.25) is 24.2 Å². The number of hydrogen-bond acceptors (Lipinski definition) is 16. The molecule has 9 aromatic carbocycles. The average Bonchev–Trinajstić information content (AvgIpc) is 1.61. The van der Waals surface area contributed by atoms with Crippen LogP contribution in [-0.4, -0.2) is 147 Å². The van der Waals surface area contributed by atoms with Crippen molar-refractivity contribution in [1.29, 1.82) is 0 Å². The Balaban J connectivity index is 0.000000200. The van der Waals surface area contributed by atoms with Crippen molar-refractivity contribution < 1.29 is 95.2 Å². The molecule has 3 fully saturated rings. The molecule has 0 saturated carbocycles. The number of benzene rings is 9. The number of nitrogen functional groups attached to an aromatic ring is 1. The third-order valence-electron chi connectivity index (χ3n) is 17.7. The van der Waals surface area contributed by atoms with Crippen LogP contribution in [-0.2, 0) is 9.47 Å². The van der Waals surface area contributed by atoms with E-state index < -0.39 is 53.1 Å². The van der Waals surface area contributed by atoms with Crippen molar-refractivity contribution in [1.82, 2.24) is 50.6 Å². The Kier molecular flexibility index (Phi) is 27.4. The first-order chi connectivity index (χ1) is 51.8. The Labute approximate surface area is 665 Å². The van der Waals surface area contributed by atoms with E-state index in [2.05, 4.69) is 46.0 Å². The van der Waals surface area contributed by atoms with Crippen LogP contribution < -0.4 is 55.7 Å². The van der Waals surface area contributed by atoms with Gasteiger partial charge in [-0.05, 0) is 165 Å². The summed E-state index contributed by atoms with van der Waals surface area (Å²) in [5.74, 6) is -6.23. The van der Waals surface area contributed by atoms with Crippen LogP contribution >= 0.6 is 34.8 Å². The van der Waals surface area contributed by atoms with E-state index in [1.807, 2.05) is 0 Å². The van der Waals surface area contributed by atoms with E-state index in [9.17, 15) is 57.0 Å². The van der Waals surface area contributed by atoms with Gasteiger partial charge in [-0.25, -0.2) is 41.9 Å². The van der Waals surface area contributed by atoms with Crippen molar-refractivity contribution in [2.75, 3.05) is 69.0 Å². The zero-order valence-corrected chi connectivity index (χ0v) is 61.4. The number of fused-ring (bicyclic) bond motifs is 3. The fourth-order valence-corrected chi connectivity index (χ4v) is 13.3. The number of aromatic carboxylic acids is 1. The number of carbonyl (C=O) groups excluding carboxylic acids is 8. The Bertz CT molecular complexity index is 5690. The molecule has 26 nitrogen and oxygen atoms in total. The van der Waals surface area contributed by atoms with Gasteiger partial charge in [0.2, 0.25) is 0 Å². The largest absolute Gasteiger partial charge is 1.00 e. The number of amides is 6. The van der Waals surface area contributed by atoms with E-state index in [1.54, 1.807) is 135 Å². The number of urea groups is 3. The summed E-state index contributed by atoms with van der Waals surface area (Å²) in [5.41, 5.74) is 12.2. The number of carboxylic acids is 1. The fourth-order valence-electron chi connectivity index (χ4n) is 12.4. The molecule has 0 unspecified atom stereocenters. The van der Waals surface area contributed by atoms with Crippen molar-refractivity contribution in [2.45, 2.75) is 35.6 Å². The third kappa shape index (κ3) is 17.1. The van der Waals surface area contributed by atoms with Gasteiger partial charge in [0.15, 0.2) is 0 Å². The van der Waals surface area contributed by atoms with E-state index in [0.29, 0.717) is 98.2 Å². The summed E-state index contributed by atoms with van der Waals surface area (Å²) in [6.07, 6.45) is 0. The number of nitrogens with zero attached hydrogens (tertiary/aromatic N) is 8. The van der Waals surface area contributed by atoms with Gasteiger partial charge in [0, 0.05) is 89.2 Å². The standard InChI is InChI=1S/C26H20ClFN4O4.C25H18ClFN4O4.C23H17ClFN3O3.C3H6N2O.2CH4.Li.H2O/c1-14-4-3-5-19(27)22(14)24(33)32-21-13-16(31-11-10-29-26(31)35)7-9-18(21)23(30-32)17-8-6-15(12-20(17)28)25(34)36-2;1-13-3-2-4-18(26)21(13)23(32)31-20-12-15(30-10-9-28-25(30)35)6-8-17(20)22(29-31)16-7-5-14(24(33)34)11-19(16)27;1-12-4-3-5-17(24)20(12)22(29)28-19-11-14(26)7-9-16(19)21(27-28)15-8-6-13(10-18(15)25)23(30)31-2;6-3-4-1-2-5-3;;;;/h3-9,12-13H,10-11H2,1-2H3,(H,29,35);2-8,11-12H,9-10H2,1H3,(H,28,35)(H,33,34);3-11H,26H2,1-2H3;1-2H2,(H2,4,5,6);2*1H4;;1H2/q;;;;;;+1;/p-1. The minimum atomic E-state index is -1.26. The molecule has 0 aliphatic carbocycles. The Hall–Kier alpha value is -12.4. The van der Waals surface area contributed by atoms with Crippen molar-refractivity contribution in [3.63, 3.8) is 0 Å². The van der Waals surface area contributed by atoms with Crippen molar-refractivity contribution in [3.05, 3.63) is 246 Å². The van der Waals surface area contributed by atoms with Crippen molar-refractivity contribution in [2.24, 2.45) is 0 Å². The molecule has 0 bridgehead atoms. The number of anilines is 3. The van der Waals surface area contributed by atoms with Gasteiger partial charge in [0.25, 0.3) is 17.7 Å². The molecule has 6 amide bonds. The molecule has 572 valence electrons. The molecule has 3 aliphatic heterocycles. The maximum Gasteiger partial charge on any atom is 1.00 e. The smallest absolute Gasteiger partial charge is 0.870 e. The molecule has 3 saturated heterocycles. The predicted molar refractivity (Wildman–Crippen MR) is 415 cm³/mol. The van der Waals surface area contributed by atoms with E-state index in [-0.39, 0.29) is 134 Å². The average molecular weight is 1580 g/mol. The summed E-state index contributed by atoms with van der Waals surface area (Å²) in [6.45, 7) is 8.73. The van der Waals surface area contributed by atoms with Gasteiger partial charge >= 0.3 is 54.9 Å². The number of carbonyl (C=O) groups is 9. The SMILES string of the molecule is C.C.COC(=O)c1ccc(-c2nn(C(=O)c3c(C)cccc3Cl)c3cc(N)ccc23)c(F)c1.COC(=O)c1ccc(-c2nn(C(=O)c3c(C)cccc3Cl)c3cc(N4CCNC4=O)ccc23)c(F)c1.Cc1cccc(Cl)c1C(=O)n1nc(-c2ccc(C(=O)O)cc2F)c2ccc(N3CCNC3=O)cc21.O=C1NCCN1.[Li+].[OH-]. The first-order valence-corrected chi connectivity index (χ1v) is 34.1. The number of rotatable bonds is 11. The quantitative estimate of drug-likeness (QED) is 0.0398. The zero-order valence-electron chi connectivity index (χ0n) is 59.1. The molecule has 33 heteroatoms. The Morgan fingerprint density at radius 3 is 1.08 bits per heavy atom. The number of aromatic nitrogens is 6. The molecule has 6 heterocycles. The van der Waals surface area contributed by atoms with E-state index in [4.69, 9.17) is 40.5 Å². The van der Waals surface area contributed by atoms with Gasteiger partial charge in [-0.2, -0.15) is 29.3 Å². The molecule has 0 spiro atoms. The van der Waals surface area contributed by atoms with Crippen LogP contribution in [0.5, 0.6) is 0 Å². The normalized spacial score (nSPS) is 12.5. The van der Waals surface area contributed by atoms with Gasteiger partial charge in [-0.15, -0.1) is 0 Å². The van der Waals surface area contributed by atoms with Crippen LogP contribution in [0.3, 0.4) is 0 Å². The molecule has 12 aromatic rings.